The summed E-state index contributed by atoms with van der Waals surface area (Å²) in [6.45, 7) is 0. The van der Waals surface area contributed by atoms with Gasteiger partial charge in [-0.05, 0) is 146 Å². The van der Waals surface area contributed by atoms with Crippen LogP contribution in [0.5, 0.6) is 0 Å². The van der Waals surface area contributed by atoms with E-state index in [0.29, 0.717) is 0 Å². The van der Waals surface area contributed by atoms with Crippen molar-refractivity contribution in [3.05, 3.63) is 236 Å². The van der Waals surface area contributed by atoms with Gasteiger partial charge in [-0.2, -0.15) is 0 Å². The molecule has 0 spiro atoms. The zero-order valence-corrected chi connectivity index (χ0v) is 33.2. The van der Waals surface area contributed by atoms with Crippen LogP contribution in [0.25, 0.3) is 65.3 Å². The fourth-order valence-corrected chi connectivity index (χ4v) is 9.24. The maximum absolute atomic E-state index is 2.45. The van der Waals surface area contributed by atoms with Crippen LogP contribution in [0, 0.1) is 0 Å². The van der Waals surface area contributed by atoms with Crippen LogP contribution in [-0.2, 0) is 0 Å². The molecule has 0 saturated heterocycles. The molecule has 10 aromatic rings. The molecule has 0 bridgehead atoms. The third-order valence-corrected chi connectivity index (χ3v) is 12.0. The summed E-state index contributed by atoms with van der Waals surface area (Å²) in [5, 5.41) is 9.83. The standard InChI is InChI=1S/C58H42N2/c1-4-21-47(22-5-1)59(48-23-6-2-7-24-48)50-35-37-51(38-36-50)60(49-25-8-3-9-26-49)55-30-16-29-54-56(45-33-31-41-17-10-12-19-43(41)39-45)52-27-14-15-28-53(52)57(58(54)55)46-34-32-42-18-11-13-20-44(42)40-46/h1,3-6,8-40H,2,7H2. The number of para-hydroxylation sites is 2. The Morgan fingerprint density at radius 2 is 0.817 bits per heavy atom. The number of hydrogen-bond donors (Lipinski definition) is 0. The molecule has 0 saturated carbocycles. The molecule has 0 amide bonds. The molecular weight excluding hydrogens is 725 g/mol. The summed E-state index contributed by atoms with van der Waals surface area (Å²) in [4.78, 5) is 4.81. The van der Waals surface area contributed by atoms with Gasteiger partial charge in [0.05, 0.1) is 5.69 Å². The zero-order valence-electron chi connectivity index (χ0n) is 33.2. The van der Waals surface area contributed by atoms with E-state index in [9.17, 15) is 0 Å². The average Bonchev–Trinajstić information content (AvgIpc) is 3.32. The molecular formula is C58H42N2. The predicted molar refractivity (Wildman–Crippen MR) is 257 cm³/mol. The van der Waals surface area contributed by atoms with Gasteiger partial charge in [0, 0.05) is 33.8 Å². The lowest BCUT2D eigenvalue weighted by Crippen LogP contribution is -2.16. The van der Waals surface area contributed by atoms with Crippen molar-refractivity contribution in [2.75, 3.05) is 9.80 Å². The molecule has 0 atom stereocenters. The number of anilines is 5. The molecule has 1 aliphatic carbocycles. The summed E-state index contributed by atoms with van der Waals surface area (Å²) >= 11 is 0. The Kier molecular flexibility index (Phi) is 9.02. The molecule has 11 rings (SSSR count). The van der Waals surface area contributed by atoms with E-state index in [4.69, 9.17) is 0 Å². The van der Waals surface area contributed by atoms with E-state index < -0.39 is 0 Å². The lowest BCUT2D eigenvalue weighted by Gasteiger charge is -2.31. The highest BCUT2D eigenvalue weighted by molar-refractivity contribution is 6.25. The number of nitrogens with zero attached hydrogens (tertiary/aromatic N) is 2. The second-order valence-corrected chi connectivity index (χ2v) is 15.6. The van der Waals surface area contributed by atoms with Crippen molar-refractivity contribution in [2.24, 2.45) is 0 Å². The first kappa shape index (κ1) is 35.5. The lowest BCUT2D eigenvalue weighted by molar-refractivity contribution is 0.997. The van der Waals surface area contributed by atoms with E-state index in [-0.39, 0.29) is 0 Å². The maximum Gasteiger partial charge on any atom is 0.0546 e. The highest BCUT2D eigenvalue weighted by Crippen LogP contribution is 2.50. The number of benzene rings is 10. The molecule has 2 heteroatoms. The molecule has 0 heterocycles. The van der Waals surface area contributed by atoms with Gasteiger partial charge in [0.2, 0.25) is 0 Å². The minimum atomic E-state index is 1.03. The summed E-state index contributed by atoms with van der Waals surface area (Å²) in [6, 6.07) is 77.7. The van der Waals surface area contributed by atoms with E-state index in [1.54, 1.807) is 0 Å². The Morgan fingerprint density at radius 3 is 1.42 bits per heavy atom. The molecule has 0 radical (unpaired) electrons. The first-order valence-electron chi connectivity index (χ1n) is 20.9. The van der Waals surface area contributed by atoms with Gasteiger partial charge in [-0.3, -0.25) is 0 Å². The maximum atomic E-state index is 2.45. The number of fused-ring (bicyclic) bond motifs is 4. The topological polar surface area (TPSA) is 6.48 Å². The zero-order chi connectivity index (χ0) is 39.8. The van der Waals surface area contributed by atoms with Crippen molar-refractivity contribution < 1.29 is 0 Å². The Labute approximate surface area is 351 Å². The van der Waals surface area contributed by atoms with Crippen molar-refractivity contribution in [2.45, 2.75) is 12.8 Å². The van der Waals surface area contributed by atoms with Crippen LogP contribution >= 0.6 is 0 Å². The summed E-state index contributed by atoms with van der Waals surface area (Å²) in [7, 11) is 0. The molecule has 10 aromatic carbocycles. The van der Waals surface area contributed by atoms with Crippen LogP contribution in [0.15, 0.2) is 236 Å². The van der Waals surface area contributed by atoms with Crippen LogP contribution in [0.4, 0.5) is 28.4 Å². The van der Waals surface area contributed by atoms with Crippen LogP contribution < -0.4 is 9.80 Å². The van der Waals surface area contributed by atoms with Gasteiger partial charge in [-0.25, -0.2) is 0 Å². The summed E-state index contributed by atoms with van der Waals surface area (Å²) in [5.74, 6) is 0. The molecule has 0 N–H and O–H groups in total. The van der Waals surface area contributed by atoms with Crippen LogP contribution in [0.2, 0.25) is 0 Å². The number of hydrogen-bond acceptors (Lipinski definition) is 2. The monoisotopic (exact) mass is 766 g/mol. The summed E-state index contributed by atoms with van der Waals surface area (Å²) in [6.07, 6.45) is 8.98. The van der Waals surface area contributed by atoms with E-state index in [1.165, 1.54) is 71.0 Å². The molecule has 60 heavy (non-hydrogen) atoms. The largest absolute Gasteiger partial charge is 0.311 e. The number of allylic oxidation sites excluding steroid dienone is 3. The SMILES string of the molecule is C1=CC(N(c2ccccc2)c2ccc(N(c3ccccc3)c3cccc4c(-c5ccc6ccccc6c5)c5ccccc5c(-c5ccc6ccccc6c5)c34)cc2)=CCC1. The highest BCUT2D eigenvalue weighted by atomic mass is 15.2. The molecule has 2 nitrogen and oxygen atoms in total. The molecule has 0 aromatic heterocycles. The highest BCUT2D eigenvalue weighted by Gasteiger charge is 2.24. The smallest absolute Gasteiger partial charge is 0.0546 e. The molecule has 0 fully saturated rings. The first-order valence-corrected chi connectivity index (χ1v) is 20.9. The third kappa shape index (κ3) is 6.31. The Hall–Kier alpha value is -7.68. The fourth-order valence-electron chi connectivity index (χ4n) is 9.24. The summed E-state index contributed by atoms with van der Waals surface area (Å²) < 4.78 is 0. The molecule has 0 unspecified atom stereocenters. The molecule has 284 valence electrons. The van der Waals surface area contributed by atoms with E-state index in [1.807, 2.05) is 0 Å². The van der Waals surface area contributed by atoms with Crippen molar-refractivity contribution in [3.63, 3.8) is 0 Å². The van der Waals surface area contributed by atoms with Crippen LogP contribution in [0.3, 0.4) is 0 Å². The Bertz CT molecular complexity index is 3250. The van der Waals surface area contributed by atoms with Crippen LogP contribution in [0.1, 0.15) is 12.8 Å². The van der Waals surface area contributed by atoms with Crippen molar-refractivity contribution in [3.8, 4) is 22.3 Å². The Morgan fingerprint density at radius 1 is 0.333 bits per heavy atom. The second-order valence-electron chi connectivity index (χ2n) is 15.6. The first-order chi connectivity index (χ1) is 29.8. The van der Waals surface area contributed by atoms with Crippen molar-refractivity contribution >= 4 is 71.5 Å². The minimum absolute atomic E-state index is 1.03. The van der Waals surface area contributed by atoms with Crippen molar-refractivity contribution in [1.82, 2.24) is 0 Å². The van der Waals surface area contributed by atoms with Crippen LogP contribution in [-0.4, -0.2) is 0 Å². The van der Waals surface area contributed by atoms with Gasteiger partial charge >= 0.3 is 0 Å². The van der Waals surface area contributed by atoms with Gasteiger partial charge in [-0.15, -0.1) is 0 Å². The quantitative estimate of drug-likeness (QED) is 0.142. The van der Waals surface area contributed by atoms with E-state index >= 15 is 0 Å². The van der Waals surface area contributed by atoms with Gasteiger partial charge in [0.15, 0.2) is 0 Å². The van der Waals surface area contributed by atoms with Gasteiger partial charge in [-0.1, -0.05) is 158 Å². The molecule has 1 aliphatic rings. The normalized spacial score (nSPS) is 12.6. The van der Waals surface area contributed by atoms with Gasteiger partial charge in [0.1, 0.15) is 0 Å². The second kappa shape index (κ2) is 15.2. The molecule has 0 aliphatic heterocycles. The summed E-state index contributed by atoms with van der Waals surface area (Å²) in [5.41, 5.74) is 11.7. The fraction of sp³-hybridized carbons (Fsp3) is 0.0345. The minimum Gasteiger partial charge on any atom is -0.311 e. The predicted octanol–water partition coefficient (Wildman–Crippen LogP) is 16.5. The van der Waals surface area contributed by atoms with Crippen molar-refractivity contribution in [1.29, 1.82) is 0 Å². The van der Waals surface area contributed by atoms with E-state index in [0.717, 1.165) is 41.3 Å². The van der Waals surface area contributed by atoms with Gasteiger partial charge in [0.25, 0.3) is 0 Å². The average molecular weight is 767 g/mol. The Balaban J connectivity index is 1.19. The third-order valence-electron chi connectivity index (χ3n) is 12.0. The number of rotatable bonds is 8. The lowest BCUT2D eigenvalue weighted by atomic mass is 9.84. The van der Waals surface area contributed by atoms with E-state index in [2.05, 4.69) is 240 Å². The van der Waals surface area contributed by atoms with Gasteiger partial charge < -0.3 is 9.80 Å².